The Kier molecular flexibility index (Phi) is 8.26. The molecule has 0 saturated carbocycles. The molecule has 3 heteroatoms. The Bertz CT molecular complexity index is 324. The minimum Gasteiger partial charge on any atom is -0.497 e. The van der Waals surface area contributed by atoms with Gasteiger partial charge in [0.25, 0.3) is 0 Å². The van der Waals surface area contributed by atoms with Crippen LogP contribution >= 0.6 is 0 Å². The normalized spacial score (nSPS) is 12.4. The number of rotatable bonds is 10. The average molecular weight is 265 g/mol. The van der Waals surface area contributed by atoms with Crippen molar-refractivity contribution in [3.05, 3.63) is 29.8 Å². The summed E-state index contributed by atoms with van der Waals surface area (Å²) in [5.41, 5.74) is 7.17. The fourth-order valence-corrected chi connectivity index (χ4v) is 1.97. The lowest BCUT2D eigenvalue weighted by Crippen LogP contribution is -2.17. The highest BCUT2D eigenvalue weighted by Crippen LogP contribution is 2.16. The van der Waals surface area contributed by atoms with Gasteiger partial charge in [0, 0.05) is 6.61 Å². The van der Waals surface area contributed by atoms with Crippen LogP contribution in [0.1, 0.15) is 50.6 Å². The maximum atomic E-state index is 6.08. The fraction of sp³-hybridized carbons (Fsp3) is 0.625. The molecular weight excluding hydrogens is 238 g/mol. The summed E-state index contributed by atoms with van der Waals surface area (Å²) in [6, 6.07) is 7.80. The molecule has 0 fully saturated rings. The van der Waals surface area contributed by atoms with E-state index in [1.807, 2.05) is 24.3 Å². The molecule has 1 rings (SSSR count). The standard InChI is InChI=1S/C16H27NO2/c1-3-4-5-6-7-12-19-13-16(17)14-8-10-15(18-2)11-9-14/h8-11,16H,3-7,12-13,17H2,1-2H3. The van der Waals surface area contributed by atoms with Gasteiger partial charge in [-0.2, -0.15) is 0 Å². The second-order valence-corrected chi connectivity index (χ2v) is 4.87. The number of ether oxygens (including phenoxy) is 2. The van der Waals surface area contributed by atoms with Crippen LogP contribution in [0, 0.1) is 0 Å². The molecule has 1 unspecified atom stereocenters. The van der Waals surface area contributed by atoms with Crippen LogP contribution in [0.4, 0.5) is 0 Å². The van der Waals surface area contributed by atoms with Crippen molar-refractivity contribution < 1.29 is 9.47 Å². The number of methoxy groups -OCH3 is 1. The van der Waals surface area contributed by atoms with E-state index in [4.69, 9.17) is 15.2 Å². The first-order chi connectivity index (χ1) is 9.27. The highest BCUT2D eigenvalue weighted by atomic mass is 16.5. The third-order valence-electron chi connectivity index (χ3n) is 3.23. The van der Waals surface area contributed by atoms with E-state index in [9.17, 15) is 0 Å². The first-order valence-corrected chi connectivity index (χ1v) is 7.25. The molecule has 0 saturated heterocycles. The lowest BCUT2D eigenvalue weighted by atomic mass is 10.1. The molecule has 0 amide bonds. The number of hydrogen-bond acceptors (Lipinski definition) is 3. The minimum absolute atomic E-state index is 0.0541. The highest BCUT2D eigenvalue weighted by Gasteiger charge is 2.05. The quantitative estimate of drug-likeness (QED) is 0.656. The molecule has 3 nitrogen and oxygen atoms in total. The van der Waals surface area contributed by atoms with Crippen molar-refractivity contribution in [2.45, 2.75) is 45.1 Å². The van der Waals surface area contributed by atoms with E-state index >= 15 is 0 Å². The SMILES string of the molecule is CCCCCCCOCC(N)c1ccc(OC)cc1. The highest BCUT2D eigenvalue weighted by molar-refractivity contribution is 5.28. The van der Waals surface area contributed by atoms with E-state index in [0.29, 0.717) is 6.61 Å². The van der Waals surface area contributed by atoms with Crippen molar-refractivity contribution in [1.82, 2.24) is 0 Å². The van der Waals surface area contributed by atoms with E-state index in [1.165, 1.54) is 25.7 Å². The summed E-state index contributed by atoms with van der Waals surface area (Å²) < 4.78 is 10.8. The molecule has 0 aromatic heterocycles. The van der Waals surface area contributed by atoms with Gasteiger partial charge in [0.2, 0.25) is 0 Å². The maximum absolute atomic E-state index is 6.08. The number of unbranched alkanes of at least 4 members (excludes halogenated alkanes) is 4. The molecule has 19 heavy (non-hydrogen) atoms. The monoisotopic (exact) mass is 265 g/mol. The van der Waals surface area contributed by atoms with Gasteiger partial charge in [-0.05, 0) is 24.1 Å². The molecule has 0 aliphatic heterocycles. The van der Waals surface area contributed by atoms with Crippen LogP contribution in [-0.2, 0) is 4.74 Å². The minimum atomic E-state index is -0.0541. The summed E-state index contributed by atoms with van der Waals surface area (Å²) in [6.07, 6.45) is 6.31. The van der Waals surface area contributed by atoms with E-state index in [1.54, 1.807) is 7.11 Å². The van der Waals surface area contributed by atoms with Crippen molar-refractivity contribution in [2.75, 3.05) is 20.3 Å². The maximum Gasteiger partial charge on any atom is 0.118 e. The number of nitrogens with two attached hydrogens (primary N) is 1. The Balaban J connectivity index is 2.14. The first-order valence-electron chi connectivity index (χ1n) is 7.25. The third kappa shape index (κ3) is 6.60. The van der Waals surface area contributed by atoms with Gasteiger partial charge < -0.3 is 15.2 Å². The molecule has 1 aromatic carbocycles. The van der Waals surface area contributed by atoms with Gasteiger partial charge in [-0.1, -0.05) is 44.7 Å². The molecule has 0 aliphatic carbocycles. The van der Waals surface area contributed by atoms with Gasteiger partial charge >= 0.3 is 0 Å². The van der Waals surface area contributed by atoms with Crippen LogP contribution in [0.5, 0.6) is 5.75 Å². The third-order valence-corrected chi connectivity index (χ3v) is 3.23. The molecular formula is C16H27NO2. The van der Waals surface area contributed by atoms with Crippen LogP contribution in [0.3, 0.4) is 0 Å². The summed E-state index contributed by atoms with van der Waals surface area (Å²) >= 11 is 0. The van der Waals surface area contributed by atoms with Crippen molar-refractivity contribution in [1.29, 1.82) is 0 Å². The van der Waals surface area contributed by atoms with Crippen molar-refractivity contribution >= 4 is 0 Å². The summed E-state index contributed by atoms with van der Waals surface area (Å²) in [5, 5.41) is 0. The zero-order valence-electron chi connectivity index (χ0n) is 12.2. The Labute approximate surface area is 117 Å². The van der Waals surface area contributed by atoms with Crippen LogP contribution in [0.2, 0.25) is 0 Å². The predicted molar refractivity (Wildman–Crippen MR) is 79.5 cm³/mol. The van der Waals surface area contributed by atoms with Gasteiger partial charge in [-0.3, -0.25) is 0 Å². The molecule has 0 aliphatic rings. The molecule has 0 bridgehead atoms. The van der Waals surface area contributed by atoms with Crippen molar-refractivity contribution in [2.24, 2.45) is 5.73 Å². The lowest BCUT2D eigenvalue weighted by molar-refractivity contribution is 0.117. The van der Waals surface area contributed by atoms with Crippen molar-refractivity contribution in [3.63, 3.8) is 0 Å². The second kappa shape index (κ2) is 9.82. The zero-order valence-corrected chi connectivity index (χ0v) is 12.2. The second-order valence-electron chi connectivity index (χ2n) is 4.87. The van der Waals surface area contributed by atoms with Crippen LogP contribution < -0.4 is 10.5 Å². The lowest BCUT2D eigenvalue weighted by Gasteiger charge is -2.13. The summed E-state index contributed by atoms with van der Waals surface area (Å²) in [5.74, 6) is 0.854. The van der Waals surface area contributed by atoms with E-state index in [-0.39, 0.29) is 6.04 Å². The molecule has 0 heterocycles. The first kappa shape index (κ1) is 16.0. The van der Waals surface area contributed by atoms with Gasteiger partial charge in [0.1, 0.15) is 5.75 Å². The molecule has 108 valence electrons. The summed E-state index contributed by atoms with van der Waals surface area (Å²) in [7, 11) is 1.66. The fourth-order valence-electron chi connectivity index (χ4n) is 1.97. The van der Waals surface area contributed by atoms with Gasteiger partial charge in [-0.25, -0.2) is 0 Å². The molecule has 2 N–H and O–H groups in total. The van der Waals surface area contributed by atoms with Gasteiger partial charge in [0.15, 0.2) is 0 Å². The van der Waals surface area contributed by atoms with Crippen molar-refractivity contribution in [3.8, 4) is 5.75 Å². The summed E-state index contributed by atoms with van der Waals surface area (Å²) in [6.45, 7) is 3.62. The molecule has 1 atom stereocenters. The van der Waals surface area contributed by atoms with Crippen LogP contribution in [0.15, 0.2) is 24.3 Å². The Morgan fingerprint density at radius 1 is 1.05 bits per heavy atom. The molecule has 1 aromatic rings. The largest absolute Gasteiger partial charge is 0.497 e. The molecule has 0 spiro atoms. The Morgan fingerprint density at radius 2 is 1.74 bits per heavy atom. The van der Waals surface area contributed by atoms with Gasteiger partial charge in [-0.15, -0.1) is 0 Å². The van der Waals surface area contributed by atoms with Gasteiger partial charge in [0.05, 0.1) is 19.8 Å². The van der Waals surface area contributed by atoms with Crippen LogP contribution in [0.25, 0.3) is 0 Å². The Morgan fingerprint density at radius 3 is 2.37 bits per heavy atom. The van der Waals surface area contributed by atoms with E-state index in [0.717, 1.165) is 24.3 Å². The Hall–Kier alpha value is -1.06. The van der Waals surface area contributed by atoms with E-state index in [2.05, 4.69) is 6.92 Å². The topological polar surface area (TPSA) is 44.5 Å². The number of hydrogen-bond donors (Lipinski definition) is 1. The predicted octanol–water partition coefficient (Wildman–Crippen LogP) is 3.68. The molecule has 0 radical (unpaired) electrons. The van der Waals surface area contributed by atoms with Crippen LogP contribution in [-0.4, -0.2) is 20.3 Å². The smallest absolute Gasteiger partial charge is 0.118 e. The average Bonchev–Trinajstić information content (AvgIpc) is 2.46. The number of benzene rings is 1. The zero-order chi connectivity index (χ0) is 13.9. The summed E-state index contributed by atoms with van der Waals surface area (Å²) in [4.78, 5) is 0. The van der Waals surface area contributed by atoms with E-state index < -0.39 is 0 Å².